The number of hydrogen-bond donors (Lipinski definition) is 4. The maximum Gasteiger partial charge on any atom is 0.315 e. The lowest BCUT2D eigenvalue weighted by atomic mass is 9.70. The fourth-order valence-electron chi connectivity index (χ4n) is 4.20. The molecule has 164 valence electrons. The number of H-pyrrole nitrogens is 1. The van der Waals surface area contributed by atoms with Gasteiger partial charge in [0.2, 0.25) is 0 Å². The molecule has 4 N–H and O–H groups in total. The van der Waals surface area contributed by atoms with E-state index in [9.17, 15) is 18.0 Å². The number of aromatic nitrogens is 1. The number of halogens is 3. The highest BCUT2D eigenvalue weighted by molar-refractivity contribution is 5.92. The van der Waals surface area contributed by atoms with E-state index < -0.39 is 11.6 Å². The summed E-state index contributed by atoms with van der Waals surface area (Å²) in [7, 11) is 0. The van der Waals surface area contributed by atoms with Gasteiger partial charge in [-0.2, -0.15) is 0 Å². The number of benzene rings is 2. The molecule has 1 aliphatic carbocycles. The average molecular weight is 431 g/mol. The van der Waals surface area contributed by atoms with Gasteiger partial charge in [-0.25, -0.2) is 18.0 Å². The van der Waals surface area contributed by atoms with Crippen molar-refractivity contribution < 1.29 is 23.1 Å². The Morgan fingerprint density at radius 3 is 2.55 bits per heavy atom. The lowest BCUT2D eigenvalue weighted by molar-refractivity contribution is 0.211. The molecule has 1 atom stereocenters. The van der Waals surface area contributed by atoms with E-state index in [0.29, 0.717) is 23.2 Å². The fraction of sp³-hybridized carbons (Fsp3) is 0.348. The Labute approximate surface area is 177 Å². The lowest BCUT2D eigenvalue weighted by Gasteiger charge is -2.36. The molecule has 31 heavy (non-hydrogen) atoms. The lowest BCUT2D eigenvalue weighted by Crippen LogP contribution is -2.45. The number of aliphatic hydroxyl groups is 1. The second-order valence-corrected chi connectivity index (χ2v) is 8.20. The molecular formula is C23H24F3N3O2. The van der Waals surface area contributed by atoms with E-state index in [-0.39, 0.29) is 41.8 Å². The normalized spacial score (nSPS) is 19.1. The quantitative estimate of drug-likeness (QED) is 0.466. The van der Waals surface area contributed by atoms with Crippen LogP contribution in [0.3, 0.4) is 0 Å². The number of urea groups is 1. The fourth-order valence-corrected chi connectivity index (χ4v) is 4.20. The summed E-state index contributed by atoms with van der Waals surface area (Å²) in [5, 5.41) is 14.9. The van der Waals surface area contributed by atoms with E-state index in [2.05, 4.69) is 15.6 Å². The van der Waals surface area contributed by atoms with Crippen molar-refractivity contribution in [2.75, 3.05) is 13.2 Å². The molecule has 2 amide bonds. The second-order valence-electron chi connectivity index (χ2n) is 8.20. The molecule has 1 aromatic heterocycles. The topological polar surface area (TPSA) is 77.2 Å². The first-order chi connectivity index (χ1) is 14.9. The van der Waals surface area contributed by atoms with E-state index in [4.69, 9.17) is 5.11 Å². The smallest absolute Gasteiger partial charge is 0.315 e. The summed E-state index contributed by atoms with van der Waals surface area (Å²) in [6.45, 7) is 2.03. The van der Waals surface area contributed by atoms with Crippen LogP contribution in [0.15, 0.2) is 36.4 Å². The van der Waals surface area contributed by atoms with Crippen LogP contribution in [0.4, 0.5) is 18.0 Å². The van der Waals surface area contributed by atoms with Gasteiger partial charge in [-0.3, -0.25) is 0 Å². The van der Waals surface area contributed by atoms with Gasteiger partial charge in [0.15, 0.2) is 0 Å². The van der Waals surface area contributed by atoms with Gasteiger partial charge in [-0.1, -0.05) is 0 Å². The van der Waals surface area contributed by atoms with Gasteiger partial charge in [0.1, 0.15) is 17.5 Å². The van der Waals surface area contributed by atoms with Crippen molar-refractivity contribution in [2.24, 2.45) is 5.92 Å². The van der Waals surface area contributed by atoms with Crippen LogP contribution in [0.2, 0.25) is 0 Å². The zero-order chi connectivity index (χ0) is 22.1. The highest BCUT2D eigenvalue weighted by Crippen LogP contribution is 2.48. The number of carbonyl (C=O) groups excluding carboxylic acids is 1. The number of amides is 2. The monoisotopic (exact) mass is 431 g/mol. The highest BCUT2D eigenvalue weighted by atomic mass is 19.1. The molecule has 4 rings (SSSR count). The van der Waals surface area contributed by atoms with Crippen LogP contribution < -0.4 is 10.6 Å². The summed E-state index contributed by atoms with van der Waals surface area (Å²) in [6, 6.07) is 7.40. The van der Waals surface area contributed by atoms with Crippen molar-refractivity contribution in [3.05, 3.63) is 59.4 Å². The predicted molar refractivity (Wildman–Crippen MR) is 112 cm³/mol. The maximum absolute atomic E-state index is 14.4. The third-order valence-electron chi connectivity index (χ3n) is 5.84. The summed E-state index contributed by atoms with van der Waals surface area (Å²) >= 11 is 0. The molecule has 0 radical (unpaired) electrons. The minimum atomic E-state index is -0.670. The van der Waals surface area contributed by atoms with Gasteiger partial charge in [-0.15, -0.1) is 0 Å². The van der Waals surface area contributed by atoms with E-state index in [1.54, 1.807) is 19.1 Å². The molecule has 8 heteroatoms. The SMILES string of the molecule is C[C@H](CO)NC(=O)NC[C@H]1C[C@H](c2c(-c3ccc(F)cc3)[nH]c3c(F)cc(F)cc32)C1. The van der Waals surface area contributed by atoms with E-state index in [0.717, 1.165) is 24.5 Å². The van der Waals surface area contributed by atoms with Crippen LogP contribution in [0.5, 0.6) is 0 Å². The van der Waals surface area contributed by atoms with Gasteiger partial charge in [0.05, 0.1) is 23.9 Å². The first-order valence-corrected chi connectivity index (χ1v) is 10.3. The van der Waals surface area contributed by atoms with Crippen molar-refractivity contribution in [1.82, 2.24) is 15.6 Å². The number of aliphatic hydroxyl groups excluding tert-OH is 1. The van der Waals surface area contributed by atoms with Gasteiger partial charge in [0.25, 0.3) is 0 Å². The van der Waals surface area contributed by atoms with E-state index in [1.807, 2.05) is 0 Å². The third kappa shape index (κ3) is 4.39. The van der Waals surface area contributed by atoms with Crippen LogP contribution in [-0.2, 0) is 0 Å². The molecule has 1 aliphatic rings. The Bertz CT molecular complexity index is 1090. The summed E-state index contributed by atoms with van der Waals surface area (Å²) in [5.74, 6) is -1.41. The molecule has 0 aliphatic heterocycles. The standard InChI is InChI=1S/C23H24F3N3O2/c1-12(11-30)28-23(31)27-10-13-6-15(7-13)20-18-8-17(25)9-19(26)22(18)29-21(20)14-2-4-16(24)5-3-14/h2-5,8-9,12-13,15,29-30H,6-7,10-11H2,1H3,(H2,27,28,31)/t12-,13-,15-/m1/s1. The molecular weight excluding hydrogens is 407 g/mol. The molecule has 5 nitrogen and oxygen atoms in total. The molecule has 1 fully saturated rings. The Morgan fingerprint density at radius 1 is 1.16 bits per heavy atom. The minimum absolute atomic E-state index is 0.0567. The molecule has 0 bridgehead atoms. The molecule has 1 saturated carbocycles. The molecule has 1 heterocycles. The summed E-state index contributed by atoms with van der Waals surface area (Å²) in [5.41, 5.74) is 2.40. The predicted octanol–water partition coefficient (Wildman–Crippen LogP) is 4.43. The van der Waals surface area contributed by atoms with Crippen LogP contribution in [0, 0.1) is 23.4 Å². The van der Waals surface area contributed by atoms with Gasteiger partial charge >= 0.3 is 6.03 Å². The Kier molecular flexibility index (Phi) is 5.91. The second kappa shape index (κ2) is 8.63. The van der Waals surface area contributed by atoms with E-state index >= 15 is 0 Å². The number of carbonyl (C=O) groups is 1. The zero-order valence-electron chi connectivity index (χ0n) is 17.0. The van der Waals surface area contributed by atoms with Gasteiger partial charge < -0.3 is 20.7 Å². The first-order valence-electron chi connectivity index (χ1n) is 10.3. The number of fused-ring (bicyclic) bond motifs is 1. The zero-order valence-corrected chi connectivity index (χ0v) is 17.0. The first kappa shape index (κ1) is 21.2. The number of rotatable bonds is 6. The van der Waals surface area contributed by atoms with E-state index in [1.165, 1.54) is 18.2 Å². The minimum Gasteiger partial charge on any atom is -0.394 e. The van der Waals surface area contributed by atoms with Crippen molar-refractivity contribution in [1.29, 1.82) is 0 Å². The van der Waals surface area contributed by atoms with Crippen molar-refractivity contribution in [3.8, 4) is 11.3 Å². The number of hydrogen-bond acceptors (Lipinski definition) is 2. The third-order valence-corrected chi connectivity index (χ3v) is 5.84. The van der Waals surface area contributed by atoms with Crippen molar-refractivity contribution in [2.45, 2.75) is 31.7 Å². The highest BCUT2D eigenvalue weighted by Gasteiger charge is 2.34. The molecule has 3 aromatic rings. The Hall–Kier alpha value is -3.00. The van der Waals surface area contributed by atoms with Crippen LogP contribution in [0.25, 0.3) is 22.2 Å². The largest absolute Gasteiger partial charge is 0.394 e. The average Bonchev–Trinajstić information content (AvgIpc) is 3.06. The molecule has 0 saturated heterocycles. The Balaban J connectivity index is 1.55. The van der Waals surface area contributed by atoms with Gasteiger partial charge in [-0.05, 0) is 73.1 Å². The van der Waals surface area contributed by atoms with Crippen LogP contribution >= 0.6 is 0 Å². The number of nitrogens with one attached hydrogen (secondary N) is 3. The van der Waals surface area contributed by atoms with Crippen LogP contribution in [0.1, 0.15) is 31.2 Å². The van der Waals surface area contributed by atoms with Crippen molar-refractivity contribution in [3.63, 3.8) is 0 Å². The summed E-state index contributed by atoms with van der Waals surface area (Å²) in [6.07, 6.45) is 1.49. The molecule has 0 spiro atoms. The maximum atomic E-state index is 14.4. The molecule has 2 aromatic carbocycles. The number of aromatic amines is 1. The summed E-state index contributed by atoms with van der Waals surface area (Å²) < 4.78 is 41.8. The Morgan fingerprint density at radius 2 is 1.87 bits per heavy atom. The van der Waals surface area contributed by atoms with Crippen molar-refractivity contribution >= 4 is 16.9 Å². The van der Waals surface area contributed by atoms with Crippen LogP contribution in [-0.4, -0.2) is 35.3 Å². The van der Waals surface area contributed by atoms with Gasteiger partial charge in [0, 0.05) is 18.0 Å². The summed E-state index contributed by atoms with van der Waals surface area (Å²) in [4.78, 5) is 14.9. The molecule has 0 unspecified atom stereocenters.